The lowest BCUT2D eigenvalue weighted by molar-refractivity contribution is 1.66. The minimum Gasteiger partial charge on any atom is -0.127 e. The Morgan fingerprint density at radius 1 is 0.625 bits per heavy atom. The van der Waals surface area contributed by atoms with Crippen LogP contribution >= 0.6 is 54.5 Å². The topological polar surface area (TPSA) is 0 Å². The molecule has 0 unspecified atom stereocenters. The standard InChI is InChI=1S/C20H12Br2S2/c21-18-12-15(13-7-3-1-4-8-13)19(24-18)17-11-16(20(22)23-17)14-9-5-2-6-10-14/h1-12H. The minimum absolute atomic E-state index is 1.15. The van der Waals surface area contributed by atoms with Gasteiger partial charge in [0.05, 0.1) is 12.4 Å². The van der Waals surface area contributed by atoms with E-state index in [0.717, 1.165) is 3.79 Å². The molecule has 24 heavy (non-hydrogen) atoms. The molecular weight excluding hydrogens is 464 g/mol. The molecule has 0 saturated heterocycles. The molecule has 0 aliphatic heterocycles. The lowest BCUT2D eigenvalue weighted by Gasteiger charge is -2.01. The SMILES string of the molecule is Brc1cc(-c2ccccc2)c(-c2cc(-c3ccccc3)c(Br)s2)s1. The van der Waals surface area contributed by atoms with Crippen molar-refractivity contribution in [1.29, 1.82) is 0 Å². The fourth-order valence-electron chi connectivity index (χ4n) is 2.67. The normalized spacial score (nSPS) is 10.9. The molecule has 0 aliphatic carbocycles. The van der Waals surface area contributed by atoms with E-state index in [9.17, 15) is 0 Å². The molecular formula is C20H12Br2S2. The summed E-state index contributed by atoms with van der Waals surface area (Å²) < 4.78 is 2.33. The van der Waals surface area contributed by atoms with Crippen LogP contribution in [-0.2, 0) is 0 Å². The molecule has 4 rings (SSSR count). The van der Waals surface area contributed by atoms with Gasteiger partial charge in [0.25, 0.3) is 0 Å². The molecule has 0 atom stereocenters. The quantitative estimate of drug-likeness (QED) is 0.279. The average molecular weight is 476 g/mol. The number of thiophene rings is 2. The highest BCUT2D eigenvalue weighted by molar-refractivity contribution is 9.11. The molecule has 2 heterocycles. The lowest BCUT2D eigenvalue weighted by Crippen LogP contribution is -1.76. The second kappa shape index (κ2) is 6.96. The first-order chi connectivity index (χ1) is 11.7. The summed E-state index contributed by atoms with van der Waals surface area (Å²) in [6, 6.07) is 25.6. The van der Waals surface area contributed by atoms with Gasteiger partial charge in [-0.05, 0) is 55.1 Å². The van der Waals surface area contributed by atoms with Crippen molar-refractivity contribution in [3.63, 3.8) is 0 Å². The van der Waals surface area contributed by atoms with E-state index in [4.69, 9.17) is 0 Å². The molecule has 4 heteroatoms. The molecule has 0 bridgehead atoms. The highest BCUT2D eigenvalue weighted by Gasteiger charge is 2.16. The number of hydrogen-bond acceptors (Lipinski definition) is 2. The van der Waals surface area contributed by atoms with Gasteiger partial charge in [-0.2, -0.15) is 0 Å². The van der Waals surface area contributed by atoms with Crippen LogP contribution in [0.1, 0.15) is 0 Å². The Kier molecular flexibility index (Phi) is 4.72. The Morgan fingerprint density at radius 2 is 1.21 bits per heavy atom. The Morgan fingerprint density at radius 3 is 1.83 bits per heavy atom. The molecule has 0 N–H and O–H groups in total. The third-order valence-corrected chi connectivity index (χ3v) is 7.44. The van der Waals surface area contributed by atoms with Crippen molar-refractivity contribution in [2.75, 3.05) is 0 Å². The zero-order valence-electron chi connectivity index (χ0n) is 12.5. The van der Waals surface area contributed by atoms with Crippen LogP contribution in [-0.4, -0.2) is 0 Å². The molecule has 118 valence electrons. The minimum atomic E-state index is 1.15. The van der Waals surface area contributed by atoms with Crippen molar-refractivity contribution in [2.45, 2.75) is 0 Å². The molecule has 0 saturated carbocycles. The molecule has 2 aromatic heterocycles. The summed E-state index contributed by atoms with van der Waals surface area (Å²) in [5.41, 5.74) is 5.02. The van der Waals surface area contributed by atoms with Gasteiger partial charge >= 0.3 is 0 Å². The smallest absolute Gasteiger partial charge is 0.0783 e. The fraction of sp³-hybridized carbons (Fsp3) is 0. The van der Waals surface area contributed by atoms with Crippen LogP contribution in [0.5, 0.6) is 0 Å². The van der Waals surface area contributed by atoms with E-state index in [1.165, 1.54) is 35.8 Å². The predicted molar refractivity (Wildman–Crippen MR) is 114 cm³/mol. The summed E-state index contributed by atoms with van der Waals surface area (Å²) in [5.74, 6) is 0. The van der Waals surface area contributed by atoms with Gasteiger partial charge in [-0.15, -0.1) is 22.7 Å². The van der Waals surface area contributed by atoms with Crippen LogP contribution in [0.4, 0.5) is 0 Å². The van der Waals surface area contributed by atoms with E-state index in [-0.39, 0.29) is 0 Å². The number of hydrogen-bond donors (Lipinski definition) is 0. The maximum atomic E-state index is 3.75. The molecule has 0 fully saturated rings. The van der Waals surface area contributed by atoms with Crippen molar-refractivity contribution < 1.29 is 0 Å². The van der Waals surface area contributed by atoms with Gasteiger partial charge in [-0.25, -0.2) is 0 Å². The van der Waals surface area contributed by atoms with Crippen LogP contribution in [0, 0.1) is 0 Å². The Bertz CT molecular complexity index is 970. The first-order valence-electron chi connectivity index (χ1n) is 7.42. The van der Waals surface area contributed by atoms with E-state index in [0.29, 0.717) is 0 Å². The summed E-state index contributed by atoms with van der Waals surface area (Å²) in [7, 11) is 0. The van der Waals surface area contributed by atoms with Gasteiger partial charge in [-0.3, -0.25) is 0 Å². The predicted octanol–water partition coefficient (Wildman–Crippen LogP) is 8.34. The molecule has 0 spiro atoms. The molecule has 4 aromatic rings. The highest BCUT2D eigenvalue weighted by Crippen LogP contribution is 2.47. The van der Waals surface area contributed by atoms with E-state index >= 15 is 0 Å². The van der Waals surface area contributed by atoms with Crippen LogP contribution in [0.3, 0.4) is 0 Å². The zero-order chi connectivity index (χ0) is 16.5. The van der Waals surface area contributed by atoms with Crippen LogP contribution in [0.15, 0.2) is 80.4 Å². The molecule has 0 nitrogen and oxygen atoms in total. The van der Waals surface area contributed by atoms with Crippen molar-refractivity contribution in [1.82, 2.24) is 0 Å². The Labute approximate surface area is 166 Å². The lowest BCUT2D eigenvalue weighted by atomic mass is 10.1. The first-order valence-corrected chi connectivity index (χ1v) is 10.6. The summed E-state index contributed by atoms with van der Waals surface area (Å²) in [5, 5.41) is 0. The van der Waals surface area contributed by atoms with Crippen molar-refractivity contribution in [3.8, 4) is 32.0 Å². The second-order valence-corrected chi connectivity index (χ2v) is 10.1. The Hall–Kier alpha value is -1.20. The maximum absolute atomic E-state index is 3.75. The van der Waals surface area contributed by atoms with Gasteiger partial charge in [-0.1, -0.05) is 60.7 Å². The fourth-order valence-corrected chi connectivity index (χ4v) is 6.18. The number of benzene rings is 2. The van der Waals surface area contributed by atoms with E-state index in [1.807, 2.05) is 0 Å². The van der Waals surface area contributed by atoms with Crippen molar-refractivity contribution in [3.05, 3.63) is 80.4 Å². The van der Waals surface area contributed by atoms with Gasteiger partial charge in [0.2, 0.25) is 0 Å². The van der Waals surface area contributed by atoms with Crippen molar-refractivity contribution >= 4 is 54.5 Å². The molecule has 0 aliphatic rings. The van der Waals surface area contributed by atoms with Crippen LogP contribution in [0.2, 0.25) is 0 Å². The molecule has 0 radical (unpaired) electrons. The summed E-state index contributed by atoms with van der Waals surface area (Å²) >= 11 is 11.0. The van der Waals surface area contributed by atoms with E-state index in [2.05, 4.69) is 105 Å². The van der Waals surface area contributed by atoms with Gasteiger partial charge in [0, 0.05) is 16.0 Å². The number of rotatable bonds is 3. The van der Waals surface area contributed by atoms with Gasteiger partial charge < -0.3 is 0 Å². The van der Waals surface area contributed by atoms with Gasteiger partial charge in [0.1, 0.15) is 0 Å². The first kappa shape index (κ1) is 16.3. The summed E-state index contributed by atoms with van der Waals surface area (Å²) in [4.78, 5) is 2.59. The average Bonchev–Trinajstić information content (AvgIpc) is 3.19. The molecule has 0 amide bonds. The molecule has 2 aromatic carbocycles. The van der Waals surface area contributed by atoms with Crippen LogP contribution in [0.25, 0.3) is 32.0 Å². The zero-order valence-corrected chi connectivity index (χ0v) is 17.3. The van der Waals surface area contributed by atoms with Gasteiger partial charge in [0.15, 0.2) is 0 Å². The third kappa shape index (κ3) is 3.16. The van der Waals surface area contributed by atoms with E-state index < -0.39 is 0 Å². The Balaban J connectivity index is 1.84. The van der Waals surface area contributed by atoms with Crippen LogP contribution < -0.4 is 0 Å². The largest absolute Gasteiger partial charge is 0.127 e. The monoisotopic (exact) mass is 474 g/mol. The summed E-state index contributed by atoms with van der Waals surface area (Å²) in [6.45, 7) is 0. The third-order valence-electron chi connectivity index (χ3n) is 3.78. The second-order valence-electron chi connectivity index (χ2n) is 5.32. The number of halogens is 2. The van der Waals surface area contributed by atoms with E-state index in [1.54, 1.807) is 22.7 Å². The van der Waals surface area contributed by atoms with Crippen molar-refractivity contribution in [2.24, 2.45) is 0 Å². The summed E-state index contributed by atoms with van der Waals surface area (Å²) in [6.07, 6.45) is 0. The maximum Gasteiger partial charge on any atom is 0.0783 e. The highest BCUT2D eigenvalue weighted by atomic mass is 79.9.